The molecule has 2 aromatic rings. The van der Waals surface area contributed by atoms with Crippen LogP contribution in [0.4, 0.5) is 20.3 Å². The number of hydrogen-bond donors (Lipinski definition) is 1. The normalized spacial score (nSPS) is 16.6. The fraction of sp³-hybridized carbons (Fsp3) is 0.312. The van der Waals surface area contributed by atoms with Gasteiger partial charge in [-0.2, -0.15) is 0 Å². The van der Waals surface area contributed by atoms with Gasteiger partial charge in [0.15, 0.2) is 29.9 Å². The van der Waals surface area contributed by atoms with E-state index < -0.39 is 11.6 Å². The molecule has 23 heavy (non-hydrogen) atoms. The highest BCUT2D eigenvalue weighted by molar-refractivity contribution is 5.94. The third-order valence-electron chi connectivity index (χ3n) is 4.22. The number of rotatable bonds is 2. The number of hydrogen-bond acceptors (Lipinski definition) is 3. The second-order valence-electron chi connectivity index (χ2n) is 5.70. The number of carbonyl (C=O) groups excluding carboxylic acids is 1. The third kappa shape index (κ3) is 2.32. The summed E-state index contributed by atoms with van der Waals surface area (Å²) in [4.78, 5) is 18.9. The molecule has 0 unspecified atom stereocenters. The van der Waals surface area contributed by atoms with Crippen LogP contribution in [0.25, 0.3) is 0 Å². The van der Waals surface area contributed by atoms with Gasteiger partial charge < -0.3 is 14.6 Å². The number of nitrogens with zero attached hydrogens (tertiary/aromatic N) is 2. The first-order chi connectivity index (χ1) is 11.1. The van der Waals surface area contributed by atoms with E-state index in [1.54, 1.807) is 15.9 Å². The van der Waals surface area contributed by atoms with Crippen molar-refractivity contribution in [1.82, 2.24) is 9.88 Å². The summed E-state index contributed by atoms with van der Waals surface area (Å²) in [5.74, 6) is -0.761. The van der Waals surface area contributed by atoms with E-state index in [4.69, 9.17) is 4.74 Å². The van der Waals surface area contributed by atoms with Crippen molar-refractivity contribution in [3.8, 4) is 5.75 Å². The number of aromatic nitrogens is 1. The van der Waals surface area contributed by atoms with Crippen LogP contribution in [0.1, 0.15) is 23.3 Å². The molecule has 2 aliphatic rings. The molecule has 1 aromatic heterocycles. The molecule has 0 spiro atoms. The maximum absolute atomic E-state index is 13.4. The monoisotopic (exact) mass is 319 g/mol. The third-order valence-corrected chi connectivity index (χ3v) is 4.22. The second kappa shape index (κ2) is 5.26. The lowest BCUT2D eigenvalue weighted by Crippen LogP contribution is -2.28. The molecule has 3 heterocycles. The Bertz CT molecular complexity index is 769. The van der Waals surface area contributed by atoms with Crippen molar-refractivity contribution < 1.29 is 18.3 Å². The van der Waals surface area contributed by atoms with Gasteiger partial charge in [0.05, 0.1) is 0 Å². The molecule has 4 rings (SSSR count). The summed E-state index contributed by atoms with van der Waals surface area (Å²) in [6, 6.07) is 5.31. The van der Waals surface area contributed by atoms with Crippen LogP contribution in [0.2, 0.25) is 0 Å². The Kier molecular flexibility index (Phi) is 3.21. The molecule has 1 N–H and O–H groups in total. The minimum atomic E-state index is -0.920. The molecule has 0 atom stereocenters. The highest BCUT2D eigenvalue weighted by Crippen LogP contribution is 2.39. The predicted molar refractivity (Wildman–Crippen MR) is 79.9 cm³/mol. The van der Waals surface area contributed by atoms with Gasteiger partial charge in [-0.25, -0.2) is 8.78 Å². The zero-order chi connectivity index (χ0) is 16.0. The van der Waals surface area contributed by atoms with Gasteiger partial charge in [-0.3, -0.25) is 9.69 Å². The van der Waals surface area contributed by atoms with Crippen LogP contribution in [-0.2, 0) is 0 Å². The Morgan fingerprint density at radius 2 is 1.91 bits per heavy atom. The average Bonchev–Trinajstić information content (AvgIpc) is 3.25. The molecule has 1 fully saturated rings. The van der Waals surface area contributed by atoms with Gasteiger partial charge >= 0.3 is 0 Å². The first-order valence-electron chi connectivity index (χ1n) is 7.51. The summed E-state index contributed by atoms with van der Waals surface area (Å²) in [7, 11) is 0. The molecule has 2 aliphatic heterocycles. The average molecular weight is 319 g/mol. The molecular formula is C16H15F2N3O2. The zero-order valence-corrected chi connectivity index (χ0v) is 12.3. The maximum atomic E-state index is 13.4. The molecule has 0 bridgehead atoms. The van der Waals surface area contributed by atoms with Crippen LogP contribution in [-0.4, -0.2) is 35.6 Å². The molecule has 0 aliphatic carbocycles. The molecule has 120 valence electrons. The van der Waals surface area contributed by atoms with Gasteiger partial charge in [0.25, 0.3) is 5.91 Å². The lowest BCUT2D eigenvalue weighted by molar-refractivity contribution is 0.0787. The number of fused-ring (bicyclic) bond motifs is 1. The number of anilines is 2. The van der Waals surface area contributed by atoms with E-state index in [-0.39, 0.29) is 12.6 Å². The van der Waals surface area contributed by atoms with Crippen LogP contribution in [0, 0.1) is 11.6 Å². The fourth-order valence-electron chi connectivity index (χ4n) is 3.00. The van der Waals surface area contributed by atoms with Gasteiger partial charge in [-0.15, -0.1) is 0 Å². The minimum absolute atomic E-state index is 0.0641. The van der Waals surface area contributed by atoms with Crippen molar-refractivity contribution in [2.45, 2.75) is 12.8 Å². The number of amides is 1. The molecule has 0 saturated carbocycles. The van der Waals surface area contributed by atoms with Crippen molar-refractivity contribution in [3.05, 3.63) is 41.6 Å². The smallest absolute Gasteiger partial charge is 0.270 e. The van der Waals surface area contributed by atoms with E-state index in [0.29, 0.717) is 22.9 Å². The number of ether oxygens (including phenoxy) is 1. The number of likely N-dealkylation sites (tertiary alicyclic amines) is 1. The fourth-order valence-corrected chi connectivity index (χ4v) is 3.00. The number of halogens is 2. The van der Waals surface area contributed by atoms with E-state index in [1.165, 1.54) is 6.07 Å². The van der Waals surface area contributed by atoms with Crippen LogP contribution >= 0.6 is 0 Å². The molecule has 5 nitrogen and oxygen atoms in total. The van der Waals surface area contributed by atoms with Crippen LogP contribution in [0.5, 0.6) is 5.75 Å². The van der Waals surface area contributed by atoms with E-state index in [1.807, 2.05) is 0 Å². The lowest BCUT2D eigenvalue weighted by atomic mass is 10.3. The Balaban J connectivity index is 1.63. The van der Waals surface area contributed by atoms with Crippen LogP contribution in [0.3, 0.4) is 0 Å². The number of aromatic amines is 1. The topological polar surface area (TPSA) is 48.6 Å². The Morgan fingerprint density at radius 1 is 1.13 bits per heavy atom. The highest BCUT2D eigenvalue weighted by atomic mass is 19.2. The largest absolute Gasteiger partial charge is 0.469 e. The Morgan fingerprint density at radius 3 is 2.65 bits per heavy atom. The first kappa shape index (κ1) is 14.0. The first-order valence-corrected chi connectivity index (χ1v) is 7.51. The van der Waals surface area contributed by atoms with Crippen LogP contribution in [0.15, 0.2) is 24.3 Å². The van der Waals surface area contributed by atoms with E-state index >= 15 is 0 Å². The minimum Gasteiger partial charge on any atom is -0.469 e. The quantitative estimate of drug-likeness (QED) is 0.926. The van der Waals surface area contributed by atoms with Gasteiger partial charge in [0, 0.05) is 30.9 Å². The van der Waals surface area contributed by atoms with Crippen molar-refractivity contribution in [1.29, 1.82) is 0 Å². The molecule has 1 aromatic carbocycles. The van der Waals surface area contributed by atoms with Crippen molar-refractivity contribution >= 4 is 17.4 Å². The SMILES string of the molecule is O=C(c1cc2c([nH]1)N(c1ccc(F)c(F)c1)CO2)N1CCCC1. The van der Waals surface area contributed by atoms with Crippen molar-refractivity contribution in [2.24, 2.45) is 0 Å². The second-order valence-corrected chi connectivity index (χ2v) is 5.70. The number of carbonyl (C=O) groups is 1. The molecule has 0 radical (unpaired) electrons. The lowest BCUT2D eigenvalue weighted by Gasteiger charge is -2.17. The van der Waals surface area contributed by atoms with E-state index in [2.05, 4.69) is 4.98 Å². The van der Waals surface area contributed by atoms with Gasteiger partial charge in [-0.1, -0.05) is 0 Å². The molecular weight excluding hydrogens is 304 g/mol. The van der Waals surface area contributed by atoms with Crippen molar-refractivity contribution in [2.75, 3.05) is 24.7 Å². The Hall–Kier alpha value is -2.57. The van der Waals surface area contributed by atoms with Crippen molar-refractivity contribution in [3.63, 3.8) is 0 Å². The summed E-state index contributed by atoms with van der Waals surface area (Å²) >= 11 is 0. The van der Waals surface area contributed by atoms with E-state index in [9.17, 15) is 13.6 Å². The van der Waals surface area contributed by atoms with Gasteiger partial charge in [0.2, 0.25) is 0 Å². The number of benzene rings is 1. The maximum Gasteiger partial charge on any atom is 0.270 e. The highest BCUT2D eigenvalue weighted by Gasteiger charge is 2.29. The Labute approximate surface area is 131 Å². The summed E-state index contributed by atoms with van der Waals surface area (Å²) in [5.41, 5.74) is 0.911. The summed E-state index contributed by atoms with van der Waals surface area (Å²) in [6.45, 7) is 1.71. The zero-order valence-electron chi connectivity index (χ0n) is 12.3. The van der Waals surface area contributed by atoms with Crippen LogP contribution < -0.4 is 9.64 Å². The summed E-state index contributed by atoms with van der Waals surface area (Å²) in [5, 5.41) is 0. The molecule has 7 heteroatoms. The van der Waals surface area contributed by atoms with Gasteiger partial charge in [-0.05, 0) is 25.0 Å². The predicted octanol–water partition coefficient (Wildman–Crippen LogP) is 3.02. The van der Waals surface area contributed by atoms with Gasteiger partial charge in [0.1, 0.15) is 5.69 Å². The summed E-state index contributed by atoms with van der Waals surface area (Å²) < 4.78 is 32.1. The summed E-state index contributed by atoms with van der Waals surface area (Å²) in [6.07, 6.45) is 2.04. The standard InChI is InChI=1S/C16H15F2N3O2/c17-11-4-3-10(7-12(11)18)21-9-23-14-8-13(19-15(14)21)16(22)20-5-1-2-6-20/h3-4,7-8,19H,1-2,5-6,9H2. The molecule has 1 saturated heterocycles. The van der Waals surface area contributed by atoms with E-state index in [0.717, 1.165) is 38.1 Å². The number of nitrogens with one attached hydrogen (secondary N) is 1. The molecule has 1 amide bonds. The number of H-pyrrole nitrogens is 1.